The molecule has 1 aromatic heterocycles. The van der Waals surface area contributed by atoms with E-state index >= 15 is 0 Å². The third-order valence-corrected chi connectivity index (χ3v) is 7.78. The van der Waals surface area contributed by atoms with Crippen LogP contribution in [0.3, 0.4) is 0 Å². The van der Waals surface area contributed by atoms with Crippen molar-refractivity contribution < 1.29 is 26.7 Å². The molecule has 2 fully saturated rings. The zero-order valence-electron chi connectivity index (χ0n) is 16.4. The predicted molar refractivity (Wildman–Crippen MR) is 104 cm³/mol. The maximum Gasteiger partial charge on any atom is 0.416 e. The second kappa shape index (κ2) is 7.35. The van der Waals surface area contributed by atoms with Crippen molar-refractivity contribution in [3.05, 3.63) is 53.3 Å². The van der Waals surface area contributed by atoms with E-state index < -0.39 is 27.2 Å². The van der Waals surface area contributed by atoms with E-state index in [0.717, 1.165) is 17.7 Å². The first-order valence-electron chi connectivity index (χ1n) is 9.86. The van der Waals surface area contributed by atoms with Crippen LogP contribution in [0.2, 0.25) is 0 Å². The summed E-state index contributed by atoms with van der Waals surface area (Å²) in [5.41, 5.74) is -0.765. The lowest BCUT2D eigenvalue weighted by Gasteiger charge is -2.41. The highest BCUT2D eigenvalue weighted by atomic mass is 32.2. The molecule has 2 N–H and O–H groups in total. The number of benzene rings is 1. The van der Waals surface area contributed by atoms with E-state index in [9.17, 15) is 26.7 Å². The number of alkyl halides is 3. The van der Waals surface area contributed by atoms with E-state index in [-0.39, 0.29) is 36.1 Å². The van der Waals surface area contributed by atoms with Gasteiger partial charge in [0.1, 0.15) is 0 Å². The Bertz CT molecular complexity index is 1020. The van der Waals surface area contributed by atoms with E-state index in [1.54, 1.807) is 17.1 Å². The standard InChI is InChI=1S/C20H24F3N3O3S/c1-13-8-19(27,15-2-4-16(5-3-15)20(21,22)23)9-18(25-13)14-10-24-26(11-14)17-6-7-30(28,29)12-17/h2-5,10-11,13,17-18,25,27H,6-9,12H2,1H3/t13-,17?,18-,19?/m0/s1. The van der Waals surface area contributed by atoms with Crippen LogP contribution in [0.5, 0.6) is 0 Å². The summed E-state index contributed by atoms with van der Waals surface area (Å²) in [6.07, 6.45) is 0.199. The van der Waals surface area contributed by atoms with Crippen LogP contribution in [-0.2, 0) is 21.6 Å². The fourth-order valence-corrected chi connectivity index (χ4v) is 6.23. The van der Waals surface area contributed by atoms with Crippen LogP contribution in [0, 0.1) is 0 Å². The number of hydrogen-bond donors (Lipinski definition) is 2. The Morgan fingerprint density at radius 2 is 1.93 bits per heavy atom. The van der Waals surface area contributed by atoms with Crippen molar-refractivity contribution in [2.75, 3.05) is 11.5 Å². The highest BCUT2D eigenvalue weighted by Crippen LogP contribution is 2.41. The lowest BCUT2D eigenvalue weighted by atomic mass is 9.77. The summed E-state index contributed by atoms with van der Waals surface area (Å²) in [5.74, 6) is 0.220. The van der Waals surface area contributed by atoms with Crippen LogP contribution in [-0.4, -0.2) is 40.9 Å². The van der Waals surface area contributed by atoms with E-state index in [0.29, 0.717) is 18.4 Å². The molecule has 2 aromatic rings. The second-order valence-electron chi connectivity index (χ2n) is 8.45. The molecule has 1 aromatic carbocycles. The molecule has 30 heavy (non-hydrogen) atoms. The van der Waals surface area contributed by atoms with Gasteiger partial charge >= 0.3 is 6.18 Å². The smallest absolute Gasteiger partial charge is 0.385 e. The Labute approximate surface area is 173 Å². The quantitative estimate of drug-likeness (QED) is 0.762. The van der Waals surface area contributed by atoms with Crippen LogP contribution in [0.15, 0.2) is 36.7 Å². The zero-order chi connectivity index (χ0) is 21.7. The van der Waals surface area contributed by atoms with Gasteiger partial charge in [0.25, 0.3) is 0 Å². The van der Waals surface area contributed by atoms with Crippen molar-refractivity contribution in [2.45, 2.75) is 56.1 Å². The molecule has 0 saturated carbocycles. The molecule has 4 rings (SSSR count). The predicted octanol–water partition coefficient (Wildman–Crippen LogP) is 2.96. The first kappa shape index (κ1) is 21.3. The maximum atomic E-state index is 12.9. The van der Waals surface area contributed by atoms with E-state index in [1.807, 2.05) is 6.92 Å². The van der Waals surface area contributed by atoms with Crippen molar-refractivity contribution in [3.8, 4) is 0 Å². The Morgan fingerprint density at radius 1 is 1.23 bits per heavy atom. The summed E-state index contributed by atoms with van der Waals surface area (Å²) in [6, 6.07) is 4.13. The molecule has 2 aliphatic heterocycles. The molecule has 164 valence electrons. The molecule has 6 nitrogen and oxygen atoms in total. The van der Waals surface area contributed by atoms with Gasteiger partial charge in [0.15, 0.2) is 9.84 Å². The average Bonchev–Trinajstić information content (AvgIpc) is 3.27. The Hall–Kier alpha value is -1.91. The third kappa shape index (κ3) is 4.26. The van der Waals surface area contributed by atoms with E-state index in [1.165, 1.54) is 12.1 Å². The number of hydrogen-bond acceptors (Lipinski definition) is 5. The number of aliphatic hydroxyl groups is 1. The lowest BCUT2D eigenvalue weighted by molar-refractivity contribution is -0.137. The summed E-state index contributed by atoms with van der Waals surface area (Å²) >= 11 is 0. The van der Waals surface area contributed by atoms with Crippen LogP contribution in [0.1, 0.15) is 55.0 Å². The number of nitrogens with one attached hydrogen (secondary N) is 1. The van der Waals surface area contributed by atoms with Gasteiger partial charge in [-0.3, -0.25) is 4.68 Å². The Balaban J connectivity index is 1.55. The molecular formula is C20H24F3N3O3S. The Kier molecular flexibility index (Phi) is 5.22. The monoisotopic (exact) mass is 443 g/mol. The minimum Gasteiger partial charge on any atom is -0.385 e. The molecule has 0 amide bonds. The van der Waals surface area contributed by atoms with E-state index in [4.69, 9.17) is 0 Å². The normalized spacial score (nSPS) is 31.7. The topological polar surface area (TPSA) is 84.2 Å². The van der Waals surface area contributed by atoms with Gasteiger partial charge in [-0.2, -0.15) is 18.3 Å². The minimum absolute atomic E-state index is 0.0676. The van der Waals surface area contributed by atoms with Crippen molar-refractivity contribution in [1.82, 2.24) is 15.1 Å². The van der Waals surface area contributed by atoms with Gasteiger partial charge in [0.05, 0.1) is 34.9 Å². The summed E-state index contributed by atoms with van der Waals surface area (Å²) in [5, 5.41) is 19.0. The summed E-state index contributed by atoms with van der Waals surface area (Å²) in [4.78, 5) is 0. The maximum absolute atomic E-state index is 12.9. The van der Waals surface area contributed by atoms with Gasteiger partial charge in [0, 0.05) is 23.8 Å². The third-order valence-electron chi connectivity index (χ3n) is 6.03. The van der Waals surface area contributed by atoms with E-state index in [2.05, 4.69) is 10.4 Å². The SMILES string of the molecule is C[C@H]1CC(O)(c2ccc(C(F)(F)F)cc2)C[C@@H](c2cnn(C3CCS(=O)(=O)C3)c2)N1. The average molecular weight is 443 g/mol. The van der Waals surface area contributed by atoms with Gasteiger partial charge in [-0.25, -0.2) is 8.42 Å². The van der Waals surface area contributed by atoms with Crippen molar-refractivity contribution in [1.29, 1.82) is 0 Å². The van der Waals surface area contributed by atoms with Gasteiger partial charge in [-0.05, 0) is 43.9 Å². The van der Waals surface area contributed by atoms with Gasteiger partial charge in [0.2, 0.25) is 0 Å². The number of halogens is 3. The fraction of sp³-hybridized carbons (Fsp3) is 0.550. The molecule has 4 atom stereocenters. The van der Waals surface area contributed by atoms with Gasteiger partial charge in [-0.1, -0.05) is 12.1 Å². The Morgan fingerprint density at radius 3 is 2.53 bits per heavy atom. The molecule has 0 spiro atoms. The molecule has 2 aliphatic rings. The first-order chi connectivity index (χ1) is 14.0. The largest absolute Gasteiger partial charge is 0.416 e. The highest BCUT2D eigenvalue weighted by molar-refractivity contribution is 7.91. The van der Waals surface area contributed by atoms with Crippen molar-refractivity contribution >= 4 is 9.84 Å². The van der Waals surface area contributed by atoms with Gasteiger partial charge < -0.3 is 10.4 Å². The van der Waals surface area contributed by atoms with Crippen LogP contribution >= 0.6 is 0 Å². The number of sulfone groups is 1. The summed E-state index contributed by atoms with van der Waals surface area (Å²) in [6.45, 7) is 1.91. The minimum atomic E-state index is -4.42. The van der Waals surface area contributed by atoms with Crippen LogP contribution in [0.4, 0.5) is 13.2 Å². The van der Waals surface area contributed by atoms with Crippen LogP contribution in [0.25, 0.3) is 0 Å². The molecule has 10 heteroatoms. The molecule has 2 saturated heterocycles. The zero-order valence-corrected chi connectivity index (χ0v) is 17.2. The second-order valence-corrected chi connectivity index (χ2v) is 10.7. The highest BCUT2D eigenvalue weighted by Gasteiger charge is 2.40. The summed E-state index contributed by atoms with van der Waals surface area (Å²) < 4.78 is 63.7. The molecule has 0 aliphatic carbocycles. The number of piperidine rings is 1. The molecular weight excluding hydrogens is 419 g/mol. The number of aromatic nitrogens is 2. The van der Waals surface area contributed by atoms with Crippen molar-refractivity contribution in [2.24, 2.45) is 0 Å². The number of rotatable bonds is 3. The molecule has 2 unspecified atom stereocenters. The lowest BCUT2D eigenvalue weighted by Crippen LogP contribution is -2.46. The van der Waals surface area contributed by atoms with Crippen LogP contribution < -0.4 is 5.32 Å². The molecule has 3 heterocycles. The fourth-order valence-electron chi connectivity index (χ4n) is 4.52. The van der Waals surface area contributed by atoms with Gasteiger partial charge in [-0.15, -0.1) is 0 Å². The molecule has 0 bridgehead atoms. The molecule has 0 radical (unpaired) electrons. The number of nitrogens with zero attached hydrogens (tertiary/aromatic N) is 2. The van der Waals surface area contributed by atoms with Crippen molar-refractivity contribution in [3.63, 3.8) is 0 Å². The summed E-state index contributed by atoms with van der Waals surface area (Å²) in [7, 11) is -3.03. The first-order valence-corrected chi connectivity index (χ1v) is 11.7.